The number of nitrogens with one attached hydrogen (secondary N) is 1. The Bertz CT molecular complexity index is 1670. The molecule has 0 aliphatic rings. The maximum atomic E-state index is 14.3. The highest BCUT2D eigenvalue weighted by molar-refractivity contribution is 6.02. The second-order valence-corrected chi connectivity index (χ2v) is 9.50. The number of fused-ring (bicyclic) bond motifs is 1. The normalized spacial score (nSPS) is 11.6. The Kier molecular flexibility index (Phi) is 8.24. The SMILES string of the molecule is COc1ccc(OC)c(C(C(=O)NCc2ccccc2)N(C(=O)Cn2nnc3ccccc32)c2ccccc2C)c1. The predicted octanol–water partition coefficient (Wildman–Crippen LogP) is 4.85. The van der Waals surface area contributed by atoms with Crippen molar-refractivity contribution in [2.24, 2.45) is 0 Å². The lowest BCUT2D eigenvalue weighted by atomic mass is 10.00. The molecule has 1 unspecified atom stereocenters. The third-order valence-corrected chi connectivity index (χ3v) is 6.90. The lowest BCUT2D eigenvalue weighted by molar-refractivity contribution is -0.127. The van der Waals surface area contributed by atoms with Crippen LogP contribution in [-0.4, -0.2) is 41.0 Å². The van der Waals surface area contributed by atoms with E-state index >= 15 is 0 Å². The van der Waals surface area contributed by atoms with Crippen LogP contribution in [0.1, 0.15) is 22.7 Å². The maximum Gasteiger partial charge on any atom is 0.249 e. The Morgan fingerprint density at radius 3 is 2.39 bits per heavy atom. The van der Waals surface area contributed by atoms with E-state index in [1.54, 1.807) is 30.0 Å². The number of ether oxygens (including phenoxy) is 2. The molecule has 5 aromatic rings. The lowest BCUT2D eigenvalue weighted by Crippen LogP contribution is -2.45. The van der Waals surface area contributed by atoms with Gasteiger partial charge in [-0.3, -0.25) is 14.5 Å². The molecule has 2 amide bonds. The summed E-state index contributed by atoms with van der Waals surface area (Å²) >= 11 is 0. The van der Waals surface area contributed by atoms with Gasteiger partial charge in [0.15, 0.2) is 0 Å². The minimum Gasteiger partial charge on any atom is -0.497 e. The van der Waals surface area contributed by atoms with Crippen LogP contribution in [-0.2, 0) is 22.7 Å². The Balaban J connectivity index is 1.63. The van der Waals surface area contributed by atoms with Gasteiger partial charge < -0.3 is 14.8 Å². The van der Waals surface area contributed by atoms with E-state index in [4.69, 9.17) is 9.47 Å². The zero-order chi connectivity index (χ0) is 28.8. The van der Waals surface area contributed by atoms with Gasteiger partial charge in [-0.2, -0.15) is 0 Å². The predicted molar refractivity (Wildman–Crippen MR) is 157 cm³/mol. The number of hydrogen-bond acceptors (Lipinski definition) is 6. The van der Waals surface area contributed by atoms with Gasteiger partial charge in [0.25, 0.3) is 0 Å². The molecule has 0 radical (unpaired) electrons. The average Bonchev–Trinajstić information content (AvgIpc) is 3.41. The fourth-order valence-electron chi connectivity index (χ4n) is 4.82. The Labute approximate surface area is 238 Å². The largest absolute Gasteiger partial charge is 0.497 e. The molecule has 1 atom stereocenters. The minimum atomic E-state index is -1.09. The molecule has 41 heavy (non-hydrogen) atoms. The summed E-state index contributed by atoms with van der Waals surface area (Å²) in [4.78, 5) is 30.1. The summed E-state index contributed by atoms with van der Waals surface area (Å²) in [6.45, 7) is 2.05. The molecule has 0 saturated heterocycles. The highest BCUT2D eigenvalue weighted by Crippen LogP contribution is 2.37. The molecule has 0 bridgehead atoms. The molecule has 1 heterocycles. The molecule has 0 spiro atoms. The third kappa shape index (κ3) is 5.89. The lowest BCUT2D eigenvalue weighted by Gasteiger charge is -2.33. The first-order valence-electron chi connectivity index (χ1n) is 13.2. The number of rotatable bonds is 10. The van der Waals surface area contributed by atoms with Crippen LogP contribution in [0.25, 0.3) is 11.0 Å². The maximum absolute atomic E-state index is 14.3. The van der Waals surface area contributed by atoms with Gasteiger partial charge in [-0.15, -0.1) is 5.10 Å². The molecular formula is C32H31N5O4. The van der Waals surface area contributed by atoms with Crippen LogP contribution in [0.15, 0.2) is 97.1 Å². The molecule has 4 aromatic carbocycles. The fraction of sp³-hybridized carbons (Fsp3) is 0.188. The van der Waals surface area contributed by atoms with Crippen molar-refractivity contribution >= 4 is 28.5 Å². The van der Waals surface area contributed by atoms with Gasteiger partial charge in [-0.25, -0.2) is 4.68 Å². The highest BCUT2D eigenvalue weighted by Gasteiger charge is 2.36. The molecule has 208 valence electrons. The zero-order valence-corrected chi connectivity index (χ0v) is 23.2. The van der Waals surface area contributed by atoms with Crippen LogP contribution >= 0.6 is 0 Å². The molecule has 1 aromatic heterocycles. The van der Waals surface area contributed by atoms with E-state index in [1.807, 2.05) is 85.8 Å². The second kappa shape index (κ2) is 12.3. The topological polar surface area (TPSA) is 98.6 Å². The molecule has 9 nitrogen and oxygen atoms in total. The standard InChI is InChI=1S/C32H31N5O4/c1-22-11-7-9-15-27(22)37(30(38)21-36-28-16-10-8-14-26(28)34-35-36)31(25-19-24(40-2)17-18-29(25)41-3)32(39)33-20-23-12-5-4-6-13-23/h4-19,31H,20-21H2,1-3H3,(H,33,39). The van der Waals surface area contributed by atoms with Crippen LogP contribution in [0.5, 0.6) is 11.5 Å². The van der Waals surface area contributed by atoms with Crippen LogP contribution in [0.3, 0.4) is 0 Å². The Hall–Kier alpha value is -5.18. The van der Waals surface area contributed by atoms with Crippen LogP contribution in [0, 0.1) is 6.92 Å². The van der Waals surface area contributed by atoms with Crippen LogP contribution in [0.2, 0.25) is 0 Å². The van der Waals surface area contributed by atoms with Crippen molar-refractivity contribution in [3.05, 3.63) is 114 Å². The Morgan fingerprint density at radius 2 is 1.63 bits per heavy atom. The molecule has 9 heteroatoms. The summed E-state index contributed by atoms with van der Waals surface area (Å²) in [5.41, 5.74) is 4.22. The molecule has 0 saturated carbocycles. The first-order valence-corrected chi connectivity index (χ1v) is 13.2. The number of carbonyl (C=O) groups excluding carboxylic acids is 2. The second-order valence-electron chi connectivity index (χ2n) is 9.50. The van der Waals surface area contributed by atoms with Gasteiger partial charge in [0.2, 0.25) is 11.8 Å². The number of aryl methyl sites for hydroxylation is 1. The zero-order valence-electron chi connectivity index (χ0n) is 23.2. The smallest absolute Gasteiger partial charge is 0.249 e. The number of aromatic nitrogens is 3. The highest BCUT2D eigenvalue weighted by atomic mass is 16.5. The van der Waals surface area contributed by atoms with E-state index < -0.39 is 6.04 Å². The summed E-state index contributed by atoms with van der Waals surface area (Å²) in [5, 5.41) is 11.5. The number of hydrogen-bond donors (Lipinski definition) is 1. The number of carbonyl (C=O) groups is 2. The summed E-state index contributed by atoms with van der Waals surface area (Å²) < 4.78 is 12.7. The molecule has 0 aliphatic carbocycles. The minimum absolute atomic E-state index is 0.135. The van der Waals surface area contributed by atoms with E-state index in [0.717, 1.165) is 16.6 Å². The van der Waals surface area contributed by atoms with Gasteiger partial charge in [0.05, 0.1) is 19.7 Å². The fourth-order valence-corrected chi connectivity index (χ4v) is 4.82. The van der Waals surface area contributed by atoms with Gasteiger partial charge in [-0.05, 0) is 54.4 Å². The van der Waals surface area contributed by atoms with E-state index in [-0.39, 0.29) is 24.9 Å². The van der Waals surface area contributed by atoms with E-state index in [1.165, 1.54) is 12.0 Å². The molecule has 1 N–H and O–H groups in total. The van der Waals surface area contributed by atoms with Crippen molar-refractivity contribution in [3.63, 3.8) is 0 Å². The van der Waals surface area contributed by atoms with Gasteiger partial charge in [0.1, 0.15) is 29.6 Å². The summed E-state index contributed by atoms with van der Waals surface area (Å²) in [7, 11) is 3.09. The monoisotopic (exact) mass is 549 g/mol. The Morgan fingerprint density at radius 1 is 0.902 bits per heavy atom. The number of methoxy groups -OCH3 is 2. The molecule has 0 aliphatic heterocycles. The summed E-state index contributed by atoms with van der Waals surface area (Å²) in [6.07, 6.45) is 0. The molecular weight excluding hydrogens is 518 g/mol. The molecule has 0 fully saturated rings. The van der Waals surface area contributed by atoms with E-state index in [2.05, 4.69) is 15.6 Å². The van der Waals surface area contributed by atoms with Gasteiger partial charge in [0, 0.05) is 17.8 Å². The number of nitrogens with zero attached hydrogens (tertiary/aromatic N) is 4. The van der Waals surface area contributed by atoms with Gasteiger partial charge >= 0.3 is 0 Å². The van der Waals surface area contributed by atoms with E-state index in [9.17, 15) is 9.59 Å². The molecule has 5 rings (SSSR count). The van der Waals surface area contributed by atoms with Crippen molar-refractivity contribution in [2.75, 3.05) is 19.1 Å². The number of para-hydroxylation sites is 2. The quantitative estimate of drug-likeness (QED) is 0.268. The van der Waals surface area contributed by atoms with Gasteiger partial charge in [-0.1, -0.05) is 65.9 Å². The van der Waals surface area contributed by atoms with Crippen LogP contribution in [0.4, 0.5) is 5.69 Å². The summed E-state index contributed by atoms with van der Waals surface area (Å²) in [5.74, 6) is 0.254. The van der Waals surface area contributed by atoms with Crippen molar-refractivity contribution in [1.29, 1.82) is 0 Å². The van der Waals surface area contributed by atoms with E-state index in [0.29, 0.717) is 28.3 Å². The number of anilines is 1. The van der Waals surface area contributed by atoms with Crippen molar-refractivity contribution in [3.8, 4) is 11.5 Å². The average molecular weight is 550 g/mol. The van der Waals surface area contributed by atoms with Crippen LogP contribution < -0.4 is 19.7 Å². The third-order valence-electron chi connectivity index (χ3n) is 6.90. The first kappa shape index (κ1) is 27.4. The van der Waals surface area contributed by atoms with Crippen molar-refractivity contribution < 1.29 is 19.1 Å². The van der Waals surface area contributed by atoms with Crippen molar-refractivity contribution in [1.82, 2.24) is 20.3 Å². The first-order chi connectivity index (χ1) is 20.0. The number of amides is 2. The number of benzene rings is 4. The van der Waals surface area contributed by atoms with Crippen molar-refractivity contribution in [2.45, 2.75) is 26.1 Å². The summed E-state index contributed by atoms with van der Waals surface area (Å²) in [6, 6.07) is 28.6.